The monoisotopic (exact) mass is 328 g/mol. The van der Waals surface area contributed by atoms with Gasteiger partial charge in [0.1, 0.15) is 5.75 Å². The molecule has 0 unspecified atom stereocenters. The Morgan fingerprint density at radius 3 is 2.74 bits per heavy atom. The number of alkyl halides is 1. The summed E-state index contributed by atoms with van der Waals surface area (Å²) in [6.07, 6.45) is 2.06. The largest absolute Gasteiger partial charge is 0.493 e. The molecule has 0 radical (unpaired) electrons. The SMILES string of the molecule is BrCC1(COc2ccc3c(c2)OCO3)CCOCC1. The number of fused-ring (bicyclic) bond motifs is 1. The Morgan fingerprint density at radius 2 is 1.95 bits per heavy atom. The Morgan fingerprint density at radius 1 is 1.16 bits per heavy atom. The van der Waals surface area contributed by atoms with Crippen LogP contribution in [0.3, 0.4) is 0 Å². The molecule has 2 aliphatic rings. The Labute approximate surface area is 121 Å². The van der Waals surface area contributed by atoms with E-state index in [1.54, 1.807) is 0 Å². The summed E-state index contributed by atoms with van der Waals surface area (Å²) in [5.41, 5.74) is 0.175. The Balaban J connectivity index is 1.65. The second-order valence-corrected chi connectivity index (χ2v) is 5.61. The van der Waals surface area contributed by atoms with Crippen LogP contribution < -0.4 is 14.2 Å². The number of hydrogen-bond acceptors (Lipinski definition) is 4. The Hall–Kier alpha value is -0.940. The van der Waals surface area contributed by atoms with E-state index in [1.807, 2.05) is 18.2 Å². The summed E-state index contributed by atoms with van der Waals surface area (Å²) in [4.78, 5) is 0. The fraction of sp³-hybridized carbons (Fsp3) is 0.571. The first kappa shape index (κ1) is 13.1. The molecule has 104 valence electrons. The number of halogens is 1. The van der Waals surface area contributed by atoms with Crippen molar-refractivity contribution in [3.8, 4) is 17.2 Å². The Bertz CT molecular complexity index is 443. The molecular weight excluding hydrogens is 312 g/mol. The van der Waals surface area contributed by atoms with E-state index in [2.05, 4.69) is 15.9 Å². The van der Waals surface area contributed by atoms with E-state index in [1.165, 1.54) is 0 Å². The molecule has 0 saturated carbocycles. The first-order valence-corrected chi connectivity index (χ1v) is 7.60. The van der Waals surface area contributed by atoms with Gasteiger partial charge in [-0.1, -0.05) is 15.9 Å². The summed E-state index contributed by atoms with van der Waals surface area (Å²) in [5, 5.41) is 0.938. The predicted octanol–water partition coefficient (Wildman–Crippen LogP) is 2.99. The lowest BCUT2D eigenvalue weighted by molar-refractivity contribution is 0.00352. The van der Waals surface area contributed by atoms with Crippen molar-refractivity contribution in [1.82, 2.24) is 0 Å². The fourth-order valence-corrected chi connectivity index (χ4v) is 3.05. The molecule has 2 aliphatic heterocycles. The molecule has 0 bridgehead atoms. The van der Waals surface area contributed by atoms with Crippen LogP contribution in [0.15, 0.2) is 18.2 Å². The topological polar surface area (TPSA) is 36.9 Å². The lowest BCUT2D eigenvalue weighted by Crippen LogP contribution is -2.36. The van der Waals surface area contributed by atoms with Crippen molar-refractivity contribution >= 4 is 15.9 Å². The normalized spacial score (nSPS) is 20.3. The summed E-state index contributed by atoms with van der Waals surface area (Å²) in [7, 11) is 0. The van der Waals surface area contributed by atoms with Crippen LogP contribution in [0.5, 0.6) is 17.2 Å². The average molecular weight is 329 g/mol. The lowest BCUT2D eigenvalue weighted by Gasteiger charge is -2.35. The van der Waals surface area contributed by atoms with Gasteiger partial charge in [-0.25, -0.2) is 0 Å². The van der Waals surface area contributed by atoms with E-state index in [-0.39, 0.29) is 5.41 Å². The third kappa shape index (κ3) is 2.82. The average Bonchev–Trinajstić information content (AvgIpc) is 2.93. The van der Waals surface area contributed by atoms with E-state index >= 15 is 0 Å². The van der Waals surface area contributed by atoms with Crippen LogP contribution in [-0.2, 0) is 4.74 Å². The first-order chi connectivity index (χ1) is 9.31. The Kier molecular flexibility index (Phi) is 3.84. The second-order valence-electron chi connectivity index (χ2n) is 5.05. The third-order valence-electron chi connectivity index (χ3n) is 3.73. The molecule has 5 heteroatoms. The van der Waals surface area contributed by atoms with Crippen molar-refractivity contribution in [2.24, 2.45) is 5.41 Å². The fourth-order valence-electron chi connectivity index (χ4n) is 2.32. The van der Waals surface area contributed by atoms with Crippen LogP contribution in [0.1, 0.15) is 12.8 Å². The van der Waals surface area contributed by atoms with Gasteiger partial charge in [-0.15, -0.1) is 0 Å². The summed E-state index contributed by atoms with van der Waals surface area (Å²) < 4.78 is 22.0. The van der Waals surface area contributed by atoms with Crippen LogP contribution in [-0.4, -0.2) is 31.9 Å². The third-order valence-corrected chi connectivity index (χ3v) is 4.92. The standard InChI is InChI=1S/C14H17BrO4/c15-8-14(3-5-16-6-4-14)9-17-11-1-2-12-13(7-11)19-10-18-12/h1-2,7H,3-6,8-10H2. The predicted molar refractivity (Wildman–Crippen MR) is 74.3 cm³/mol. The van der Waals surface area contributed by atoms with Crippen LogP contribution >= 0.6 is 15.9 Å². The number of hydrogen-bond donors (Lipinski definition) is 0. The number of rotatable bonds is 4. The van der Waals surface area contributed by atoms with E-state index < -0.39 is 0 Å². The van der Waals surface area contributed by atoms with Crippen molar-refractivity contribution in [2.75, 3.05) is 31.9 Å². The van der Waals surface area contributed by atoms with Crippen LogP contribution in [0, 0.1) is 5.41 Å². The van der Waals surface area contributed by atoms with Gasteiger partial charge in [0.05, 0.1) is 6.61 Å². The smallest absolute Gasteiger partial charge is 0.231 e. The highest BCUT2D eigenvalue weighted by Crippen LogP contribution is 2.37. The molecule has 4 nitrogen and oxygen atoms in total. The molecule has 0 aliphatic carbocycles. The van der Waals surface area contributed by atoms with Gasteiger partial charge in [-0.3, -0.25) is 0 Å². The van der Waals surface area contributed by atoms with Crippen molar-refractivity contribution in [1.29, 1.82) is 0 Å². The van der Waals surface area contributed by atoms with Crippen molar-refractivity contribution in [3.63, 3.8) is 0 Å². The van der Waals surface area contributed by atoms with Crippen LogP contribution in [0.2, 0.25) is 0 Å². The zero-order valence-corrected chi connectivity index (χ0v) is 12.3. The minimum absolute atomic E-state index is 0.175. The summed E-state index contributed by atoms with van der Waals surface area (Å²) in [5.74, 6) is 2.38. The quantitative estimate of drug-likeness (QED) is 0.796. The second kappa shape index (κ2) is 5.59. The summed E-state index contributed by atoms with van der Waals surface area (Å²) in [6.45, 7) is 2.62. The molecule has 1 aromatic rings. The summed E-state index contributed by atoms with van der Waals surface area (Å²) in [6, 6.07) is 5.71. The molecule has 1 fully saturated rings. The lowest BCUT2D eigenvalue weighted by atomic mass is 9.83. The molecule has 0 atom stereocenters. The molecule has 0 N–H and O–H groups in total. The molecule has 3 rings (SSSR count). The molecule has 0 spiro atoms. The van der Waals surface area contributed by atoms with Gasteiger partial charge < -0.3 is 18.9 Å². The minimum atomic E-state index is 0.175. The number of benzene rings is 1. The van der Waals surface area contributed by atoms with Crippen molar-refractivity contribution in [2.45, 2.75) is 12.8 Å². The molecule has 1 aromatic carbocycles. The van der Waals surface area contributed by atoms with E-state index in [9.17, 15) is 0 Å². The van der Waals surface area contributed by atoms with Gasteiger partial charge in [-0.2, -0.15) is 0 Å². The molecule has 2 heterocycles. The maximum atomic E-state index is 5.94. The van der Waals surface area contributed by atoms with Crippen molar-refractivity contribution < 1.29 is 18.9 Å². The molecule has 0 amide bonds. The summed E-state index contributed by atoms with van der Waals surface area (Å²) >= 11 is 3.61. The van der Waals surface area contributed by atoms with E-state index in [4.69, 9.17) is 18.9 Å². The van der Waals surface area contributed by atoms with Gasteiger partial charge in [-0.05, 0) is 25.0 Å². The molecular formula is C14H17BrO4. The molecule has 19 heavy (non-hydrogen) atoms. The van der Waals surface area contributed by atoms with E-state index in [0.29, 0.717) is 13.4 Å². The maximum Gasteiger partial charge on any atom is 0.231 e. The van der Waals surface area contributed by atoms with Gasteiger partial charge in [0.15, 0.2) is 11.5 Å². The first-order valence-electron chi connectivity index (χ1n) is 6.48. The highest BCUT2D eigenvalue weighted by atomic mass is 79.9. The van der Waals surface area contributed by atoms with Crippen LogP contribution in [0.25, 0.3) is 0 Å². The van der Waals surface area contributed by atoms with Gasteiger partial charge in [0, 0.05) is 30.0 Å². The van der Waals surface area contributed by atoms with Crippen LogP contribution in [0.4, 0.5) is 0 Å². The van der Waals surface area contributed by atoms with E-state index in [0.717, 1.165) is 48.6 Å². The highest BCUT2D eigenvalue weighted by molar-refractivity contribution is 9.09. The highest BCUT2D eigenvalue weighted by Gasteiger charge is 2.32. The molecule has 1 saturated heterocycles. The minimum Gasteiger partial charge on any atom is -0.493 e. The maximum absolute atomic E-state index is 5.94. The molecule has 0 aromatic heterocycles. The van der Waals surface area contributed by atoms with Gasteiger partial charge in [0.25, 0.3) is 0 Å². The van der Waals surface area contributed by atoms with Gasteiger partial charge in [0.2, 0.25) is 6.79 Å². The van der Waals surface area contributed by atoms with Gasteiger partial charge >= 0.3 is 0 Å². The zero-order valence-electron chi connectivity index (χ0n) is 10.7. The van der Waals surface area contributed by atoms with Crippen molar-refractivity contribution in [3.05, 3.63) is 18.2 Å². The number of ether oxygens (including phenoxy) is 4. The zero-order chi connectivity index (χ0) is 13.1.